The maximum atomic E-state index is 5.59. The summed E-state index contributed by atoms with van der Waals surface area (Å²) in [7, 11) is 2.20. The predicted molar refractivity (Wildman–Crippen MR) is 68.8 cm³/mol. The van der Waals surface area contributed by atoms with E-state index in [1.807, 2.05) is 0 Å². The van der Waals surface area contributed by atoms with E-state index in [-0.39, 0.29) is 5.54 Å². The summed E-state index contributed by atoms with van der Waals surface area (Å²) in [5, 5.41) is 3.60. The van der Waals surface area contributed by atoms with E-state index in [2.05, 4.69) is 45.0 Å². The lowest BCUT2D eigenvalue weighted by Gasteiger charge is -2.30. The van der Waals surface area contributed by atoms with Gasteiger partial charge in [-0.2, -0.15) is 0 Å². The van der Waals surface area contributed by atoms with Crippen LogP contribution in [0.2, 0.25) is 0 Å². The highest BCUT2D eigenvalue weighted by atomic mass is 16.5. The van der Waals surface area contributed by atoms with Gasteiger partial charge in [-0.1, -0.05) is 6.92 Å². The molecule has 0 saturated carbocycles. The number of hydrogen-bond acceptors (Lipinski definition) is 3. The number of rotatable bonds is 6. The maximum absolute atomic E-state index is 5.59. The molecule has 2 atom stereocenters. The molecule has 96 valence electrons. The Labute approximate surface area is 101 Å². The van der Waals surface area contributed by atoms with Crippen LogP contribution in [-0.4, -0.2) is 49.3 Å². The van der Waals surface area contributed by atoms with Gasteiger partial charge < -0.3 is 10.1 Å². The van der Waals surface area contributed by atoms with Crippen LogP contribution in [0.15, 0.2) is 0 Å². The van der Waals surface area contributed by atoms with Crippen molar-refractivity contribution in [2.45, 2.75) is 58.2 Å². The van der Waals surface area contributed by atoms with E-state index in [4.69, 9.17) is 4.74 Å². The Kier molecular flexibility index (Phi) is 5.22. The average Bonchev–Trinajstić information content (AvgIpc) is 2.64. The van der Waals surface area contributed by atoms with Crippen molar-refractivity contribution < 1.29 is 4.74 Å². The third-order valence-electron chi connectivity index (χ3n) is 3.85. The van der Waals surface area contributed by atoms with E-state index in [9.17, 15) is 0 Å². The molecule has 1 fully saturated rings. The second kappa shape index (κ2) is 5.99. The molecule has 0 radical (unpaired) electrons. The quantitative estimate of drug-likeness (QED) is 0.751. The van der Waals surface area contributed by atoms with E-state index >= 15 is 0 Å². The molecule has 3 heteroatoms. The molecule has 1 aliphatic heterocycles. The van der Waals surface area contributed by atoms with Crippen LogP contribution in [0.3, 0.4) is 0 Å². The lowest BCUT2D eigenvalue weighted by molar-refractivity contribution is 0.0833. The molecule has 1 heterocycles. The van der Waals surface area contributed by atoms with Crippen molar-refractivity contribution >= 4 is 0 Å². The van der Waals surface area contributed by atoms with E-state index in [1.54, 1.807) is 0 Å². The first-order valence-corrected chi connectivity index (χ1v) is 6.53. The van der Waals surface area contributed by atoms with Gasteiger partial charge in [0, 0.05) is 31.3 Å². The largest absolute Gasteiger partial charge is 0.377 e. The fraction of sp³-hybridized carbons (Fsp3) is 1.00. The standard InChI is InChI=1S/C13H28N2O/c1-6-13(3,4)14-8-9-15(5)12-7-10-16-11(12)2/h11-12,14H,6-10H2,1-5H3. The molecule has 16 heavy (non-hydrogen) atoms. The lowest BCUT2D eigenvalue weighted by atomic mass is 10.0. The Morgan fingerprint density at radius 2 is 2.12 bits per heavy atom. The monoisotopic (exact) mass is 228 g/mol. The van der Waals surface area contributed by atoms with Gasteiger partial charge in [0.2, 0.25) is 0 Å². The summed E-state index contributed by atoms with van der Waals surface area (Å²) in [6, 6.07) is 0.603. The normalized spacial score (nSPS) is 26.6. The fourth-order valence-corrected chi connectivity index (χ4v) is 2.16. The molecule has 0 aromatic carbocycles. The van der Waals surface area contributed by atoms with Crippen LogP contribution < -0.4 is 5.32 Å². The Morgan fingerprint density at radius 3 is 2.62 bits per heavy atom. The zero-order valence-corrected chi connectivity index (χ0v) is 11.5. The van der Waals surface area contributed by atoms with Crippen LogP contribution in [0.25, 0.3) is 0 Å². The molecule has 0 aliphatic carbocycles. The number of nitrogens with zero attached hydrogens (tertiary/aromatic N) is 1. The molecule has 1 aliphatic rings. The SMILES string of the molecule is CCC(C)(C)NCCN(C)C1CCOC1C. The zero-order chi connectivity index (χ0) is 12.2. The topological polar surface area (TPSA) is 24.5 Å². The molecule has 0 aromatic heterocycles. The van der Waals surface area contributed by atoms with Crippen molar-refractivity contribution in [3.05, 3.63) is 0 Å². The van der Waals surface area contributed by atoms with Gasteiger partial charge in [-0.15, -0.1) is 0 Å². The van der Waals surface area contributed by atoms with Crippen LogP contribution >= 0.6 is 0 Å². The highest BCUT2D eigenvalue weighted by Crippen LogP contribution is 2.17. The van der Waals surface area contributed by atoms with Crippen molar-refractivity contribution in [1.82, 2.24) is 10.2 Å². The summed E-state index contributed by atoms with van der Waals surface area (Å²) in [6.45, 7) is 12.0. The summed E-state index contributed by atoms with van der Waals surface area (Å²) >= 11 is 0. The second-order valence-corrected chi connectivity index (χ2v) is 5.58. The first-order chi connectivity index (χ1) is 7.46. The smallest absolute Gasteiger partial charge is 0.0702 e. The van der Waals surface area contributed by atoms with Crippen molar-refractivity contribution in [2.75, 3.05) is 26.7 Å². The molecule has 1 rings (SSSR count). The molecular formula is C13H28N2O. The fourth-order valence-electron chi connectivity index (χ4n) is 2.16. The summed E-state index contributed by atoms with van der Waals surface area (Å²) in [4.78, 5) is 2.43. The minimum atomic E-state index is 0.263. The van der Waals surface area contributed by atoms with Crippen molar-refractivity contribution in [2.24, 2.45) is 0 Å². The summed E-state index contributed by atoms with van der Waals surface area (Å²) in [6.07, 6.45) is 2.73. The number of nitrogens with one attached hydrogen (secondary N) is 1. The number of hydrogen-bond donors (Lipinski definition) is 1. The van der Waals surface area contributed by atoms with Gasteiger partial charge in [-0.3, -0.25) is 4.90 Å². The molecule has 3 nitrogen and oxygen atoms in total. The Balaban J connectivity index is 2.22. The second-order valence-electron chi connectivity index (χ2n) is 5.58. The first-order valence-electron chi connectivity index (χ1n) is 6.53. The van der Waals surface area contributed by atoms with Crippen LogP contribution in [0.4, 0.5) is 0 Å². The van der Waals surface area contributed by atoms with Gasteiger partial charge in [-0.25, -0.2) is 0 Å². The molecule has 1 N–H and O–H groups in total. The molecule has 0 bridgehead atoms. The van der Waals surface area contributed by atoms with Crippen molar-refractivity contribution in [3.8, 4) is 0 Å². The van der Waals surface area contributed by atoms with Gasteiger partial charge in [0.15, 0.2) is 0 Å². The molecule has 1 saturated heterocycles. The highest BCUT2D eigenvalue weighted by molar-refractivity contribution is 4.82. The van der Waals surface area contributed by atoms with Gasteiger partial charge in [0.05, 0.1) is 6.10 Å². The minimum absolute atomic E-state index is 0.263. The molecule has 2 unspecified atom stereocenters. The zero-order valence-electron chi connectivity index (χ0n) is 11.5. The summed E-state index contributed by atoms with van der Waals surface area (Å²) in [5.41, 5.74) is 0.263. The van der Waals surface area contributed by atoms with Crippen LogP contribution in [0, 0.1) is 0 Å². The third kappa shape index (κ3) is 4.04. The predicted octanol–water partition coefficient (Wildman–Crippen LogP) is 1.87. The lowest BCUT2D eigenvalue weighted by Crippen LogP contribution is -2.45. The molecule has 0 spiro atoms. The Bertz CT molecular complexity index is 206. The summed E-state index contributed by atoms with van der Waals surface area (Å²) < 4.78 is 5.59. The Hall–Kier alpha value is -0.120. The van der Waals surface area contributed by atoms with Gasteiger partial charge in [0.1, 0.15) is 0 Å². The molecule has 0 amide bonds. The van der Waals surface area contributed by atoms with E-state index in [0.29, 0.717) is 12.1 Å². The highest BCUT2D eigenvalue weighted by Gasteiger charge is 2.27. The average molecular weight is 228 g/mol. The van der Waals surface area contributed by atoms with Crippen molar-refractivity contribution in [1.29, 1.82) is 0 Å². The van der Waals surface area contributed by atoms with Gasteiger partial charge in [0.25, 0.3) is 0 Å². The van der Waals surface area contributed by atoms with Crippen LogP contribution in [0.5, 0.6) is 0 Å². The van der Waals surface area contributed by atoms with Gasteiger partial charge >= 0.3 is 0 Å². The number of ether oxygens (including phenoxy) is 1. The minimum Gasteiger partial charge on any atom is -0.377 e. The first kappa shape index (κ1) is 13.9. The van der Waals surface area contributed by atoms with Crippen LogP contribution in [0.1, 0.15) is 40.5 Å². The van der Waals surface area contributed by atoms with Crippen molar-refractivity contribution in [3.63, 3.8) is 0 Å². The number of likely N-dealkylation sites (N-methyl/N-ethyl adjacent to an activating group) is 1. The van der Waals surface area contributed by atoms with E-state index in [0.717, 1.165) is 19.7 Å². The molecular weight excluding hydrogens is 200 g/mol. The molecule has 0 aromatic rings. The van der Waals surface area contributed by atoms with Gasteiger partial charge in [-0.05, 0) is 40.7 Å². The Morgan fingerprint density at radius 1 is 1.44 bits per heavy atom. The third-order valence-corrected chi connectivity index (χ3v) is 3.85. The van der Waals surface area contributed by atoms with E-state index < -0.39 is 0 Å². The maximum Gasteiger partial charge on any atom is 0.0702 e. The van der Waals surface area contributed by atoms with E-state index in [1.165, 1.54) is 12.8 Å². The summed E-state index contributed by atoms with van der Waals surface area (Å²) in [5.74, 6) is 0. The van der Waals surface area contributed by atoms with Crippen LogP contribution in [-0.2, 0) is 4.74 Å².